The molecule has 1 aromatic rings. The van der Waals surface area contributed by atoms with Crippen LogP contribution in [-0.4, -0.2) is 17.0 Å². The Balaban J connectivity index is 2.64. The van der Waals surface area contributed by atoms with E-state index < -0.39 is 17.9 Å². The van der Waals surface area contributed by atoms with E-state index in [4.69, 9.17) is 9.84 Å². The number of benzene rings is 1. The van der Waals surface area contributed by atoms with Gasteiger partial charge in [0.05, 0.1) is 5.92 Å². The molecule has 0 aliphatic heterocycles. The van der Waals surface area contributed by atoms with Crippen molar-refractivity contribution in [2.24, 2.45) is 5.92 Å². The average Bonchev–Trinajstić information content (AvgIpc) is 2.31. The molecule has 1 atom stereocenters. The predicted octanol–water partition coefficient (Wildman–Crippen LogP) is 2.04. The Labute approximate surface area is 99.5 Å². The monoisotopic (exact) mass is 234 g/mol. The highest BCUT2D eigenvalue weighted by molar-refractivity contribution is 5.83. The molecule has 0 bridgehead atoms. The van der Waals surface area contributed by atoms with Crippen LogP contribution in [0, 0.1) is 5.92 Å². The number of carboxylic acids is 1. The quantitative estimate of drug-likeness (QED) is 0.481. The Morgan fingerprint density at radius 1 is 1.41 bits per heavy atom. The average molecular weight is 234 g/mol. The number of esters is 1. The zero-order valence-electron chi connectivity index (χ0n) is 9.55. The summed E-state index contributed by atoms with van der Waals surface area (Å²) in [5.41, 5.74) is 0.887. The number of carbonyl (C=O) groups excluding carboxylic acids is 1. The molecule has 0 aliphatic rings. The van der Waals surface area contributed by atoms with Crippen LogP contribution in [0.15, 0.2) is 36.9 Å². The van der Waals surface area contributed by atoms with Crippen LogP contribution in [-0.2, 0) is 16.0 Å². The second-order valence-electron chi connectivity index (χ2n) is 3.71. The molecule has 1 aromatic carbocycles. The van der Waals surface area contributed by atoms with E-state index >= 15 is 0 Å². The lowest BCUT2D eigenvalue weighted by Crippen LogP contribution is -2.12. The van der Waals surface area contributed by atoms with Crippen molar-refractivity contribution in [3.63, 3.8) is 0 Å². The minimum atomic E-state index is -0.827. The first-order valence-electron chi connectivity index (χ1n) is 5.19. The summed E-state index contributed by atoms with van der Waals surface area (Å²) in [7, 11) is 0. The van der Waals surface area contributed by atoms with Crippen molar-refractivity contribution in [1.82, 2.24) is 0 Å². The van der Waals surface area contributed by atoms with Gasteiger partial charge < -0.3 is 9.84 Å². The molecule has 0 saturated heterocycles. The predicted molar refractivity (Wildman–Crippen MR) is 62.8 cm³/mol. The van der Waals surface area contributed by atoms with Gasteiger partial charge in [-0.25, -0.2) is 4.79 Å². The van der Waals surface area contributed by atoms with Crippen LogP contribution in [0.25, 0.3) is 0 Å². The van der Waals surface area contributed by atoms with Crippen LogP contribution in [0.3, 0.4) is 0 Å². The molecule has 90 valence electrons. The fourth-order valence-corrected chi connectivity index (χ4v) is 1.29. The molecular weight excluding hydrogens is 220 g/mol. The molecule has 1 rings (SSSR count). The summed E-state index contributed by atoms with van der Waals surface area (Å²) in [6, 6.07) is 6.74. The van der Waals surface area contributed by atoms with Crippen LogP contribution >= 0.6 is 0 Å². The normalized spacial score (nSPS) is 11.6. The zero-order chi connectivity index (χ0) is 12.8. The summed E-state index contributed by atoms with van der Waals surface area (Å²) in [5, 5.41) is 8.77. The first kappa shape index (κ1) is 13.0. The van der Waals surface area contributed by atoms with E-state index in [0.717, 1.165) is 11.6 Å². The lowest BCUT2D eigenvalue weighted by Gasteiger charge is -2.07. The molecule has 0 amide bonds. The third-order valence-electron chi connectivity index (χ3n) is 2.27. The number of hydrogen-bond acceptors (Lipinski definition) is 3. The summed E-state index contributed by atoms with van der Waals surface area (Å²) >= 11 is 0. The Bertz CT molecular complexity index is 420. The smallest absolute Gasteiger partial charge is 0.335 e. The van der Waals surface area contributed by atoms with E-state index in [9.17, 15) is 9.59 Å². The van der Waals surface area contributed by atoms with Gasteiger partial charge in [-0.2, -0.15) is 0 Å². The van der Waals surface area contributed by atoms with Crippen LogP contribution < -0.4 is 4.74 Å². The zero-order valence-corrected chi connectivity index (χ0v) is 9.55. The molecule has 0 aromatic heterocycles. The third-order valence-corrected chi connectivity index (χ3v) is 2.27. The van der Waals surface area contributed by atoms with Gasteiger partial charge in [0.2, 0.25) is 0 Å². The summed E-state index contributed by atoms with van der Waals surface area (Å²) in [4.78, 5) is 21.6. The Hall–Kier alpha value is -2.10. The second kappa shape index (κ2) is 5.84. The molecule has 17 heavy (non-hydrogen) atoms. The van der Waals surface area contributed by atoms with Crippen LogP contribution in [0.5, 0.6) is 5.75 Å². The van der Waals surface area contributed by atoms with Gasteiger partial charge in [-0.05, 0) is 24.1 Å². The summed E-state index contributed by atoms with van der Waals surface area (Å²) < 4.78 is 4.90. The van der Waals surface area contributed by atoms with Crippen molar-refractivity contribution >= 4 is 11.9 Å². The molecule has 0 spiro atoms. The summed E-state index contributed by atoms with van der Waals surface area (Å²) in [6.07, 6.45) is 1.53. The van der Waals surface area contributed by atoms with E-state index in [0.29, 0.717) is 12.2 Å². The fourth-order valence-electron chi connectivity index (χ4n) is 1.29. The van der Waals surface area contributed by atoms with Crippen LogP contribution in [0.4, 0.5) is 0 Å². The molecule has 0 saturated carbocycles. The minimum Gasteiger partial charge on any atom is -0.481 e. The van der Waals surface area contributed by atoms with E-state index in [1.165, 1.54) is 0 Å². The number of carboxylic acid groups (broad SMARTS) is 1. The minimum absolute atomic E-state index is 0.418. The van der Waals surface area contributed by atoms with E-state index in [1.54, 1.807) is 31.2 Å². The van der Waals surface area contributed by atoms with Gasteiger partial charge in [0.1, 0.15) is 5.75 Å². The van der Waals surface area contributed by atoms with Crippen molar-refractivity contribution in [3.05, 3.63) is 42.5 Å². The molecule has 0 radical (unpaired) electrons. The number of hydrogen-bond donors (Lipinski definition) is 1. The topological polar surface area (TPSA) is 63.6 Å². The van der Waals surface area contributed by atoms with Gasteiger partial charge in [-0.3, -0.25) is 4.79 Å². The number of carbonyl (C=O) groups is 2. The fraction of sp³-hybridized carbons (Fsp3) is 0.231. The summed E-state index contributed by atoms with van der Waals surface area (Å²) in [5.74, 6) is -1.36. The lowest BCUT2D eigenvalue weighted by molar-refractivity contribution is -0.141. The number of rotatable bonds is 5. The molecule has 1 N–H and O–H groups in total. The van der Waals surface area contributed by atoms with Crippen molar-refractivity contribution in [1.29, 1.82) is 0 Å². The molecule has 0 unspecified atom stereocenters. The van der Waals surface area contributed by atoms with Crippen molar-refractivity contribution in [3.8, 4) is 5.75 Å². The second-order valence-corrected chi connectivity index (χ2v) is 3.71. The largest absolute Gasteiger partial charge is 0.481 e. The number of ether oxygens (including phenoxy) is 1. The number of aliphatic carboxylic acids is 1. The highest BCUT2D eigenvalue weighted by atomic mass is 16.5. The highest BCUT2D eigenvalue weighted by Crippen LogP contribution is 2.15. The summed E-state index contributed by atoms with van der Waals surface area (Å²) in [6.45, 7) is 4.94. The maximum Gasteiger partial charge on any atom is 0.335 e. The first-order chi connectivity index (χ1) is 8.02. The molecule has 4 heteroatoms. The maximum atomic E-state index is 10.9. The van der Waals surface area contributed by atoms with E-state index in [2.05, 4.69) is 6.58 Å². The van der Waals surface area contributed by atoms with Crippen molar-refractivity contribution < 1.29 is 19.4 Å². The van der Waals surface area contributed by atoms with Crippen molar-refractivity contribution in [2.45, 2.75) is 13.3 Å². The molecular formula is C13H14O4. The molecule has 4 nitrogen and oxygen atoms in total. The standard InChI is InChI=1S/C13H14O4/c1-3-12(14)17-11-6-4-10(5-7-11)8-9(2)13(15)16/h3-7,9H,1,8H2,2H3,(H,15,16)/t9-/m1/s1. The van der Waals surface area contributed by atoms with Gasteiger partial charge in [0.15, 0.2) is 0 Å². The first-order valence-corrected chi connectivity index (χ1v) is 5.19. The molecule has 0 aliphatic carbocycles. The highest BCUT2D eigenvalue weighted by Gasteiger charge is 2.11. The van der Waals surface area contributed by atoms with E-state index in [1.807, 2.05) is 0 Å². The van der Waals surface area contributed by atoms with Gasteiger partial charge in [0, 0.05) is 6.08 Å². The van der Waals surface area contributed by atoms with Crippen molar-refractivity contribution in [2.75, 3.05) is 0 Å². The lowest BCUT2D eigenvalue weighted by atomic mass is 10.0. The van der Waals surface area contributed by atoms with Crippen LogP contribution in [0.2, 0.25) is 0 Å². The Morgan fingerprint density at radius 3 is 2.47 bits per heavy atom. The van der Waals surface area contributed by atoms with Gasteiger partial charge >= 0.3 is 11.9 Å². The van der Waals surface area contributed by atoms with Gasteiger partial charge in [0.25, 0.3) is 0 Å². The Morgan fingerprint density at radius 2 is 2.00 bits per heavy atom. The van der Waals surface area contributed by atoms with E-state index in [-0.39, 0.29) is 0 Å². The Kier molecular flexibility index (Phi) is 4.46. The molecule has 0 heterocycles. The van der Waals surface area contributed by atoms with Crippen LogP contribution in [0.1, 0.15) is 12.5 Å². The molecule has 0 fully saturated rings. The maximum absolute atomic E-state index is 10.9. The van der Waals surface area contributed by atoms with Gasteiger partial charge in [-0.1, -0.05) is 25.6 Å². The SMILES string of the molecule is C=CC(=O)Oc1ccc(C[C@@H](C)C(=O)O)cc1. The third kappa shape index (κ3) is 4.10. The van der Waals surface area contributed by atoms with Gasteiger partial charge in [-0.15, -0.1) is 0 Å².